The van der Waals surface area contributed by atoms with Crippen LogP contribution in [0.1, 0.15) is 17.0 Å². The molecule has 0 amide bonds. The van der Waals surface area contributed by atoms with Gasteiger partial charge in [0.1, 0.15) is 11.5 Å². The smallest absolute Gasteiger partial charge is 0.310 e. The van der Waals surface area contributed by atoms with E-state index in [1.807, 2.05) is 36.4 Å². The molecule has 1 aliphatic heterocycles. The van der Waals surface area contributed by atoms with E-state index in [-0.39, 0.29) is 17.8 Å². The monoisotopic (exact) mass is 355 g/mol. The normalized spacial score (nSPS) is 20.0. The van der Waals surface area contributed by atoms with Crippen molar-refractivity contribution in [2.75, 3.05) is 34.4 Å². The van der Waals surface area contributed by atoms with Gasteiger partial charge in [0.05, 0.1) is 27.2 Å². The first-order chi connectivity index (χ1) is 12.7. The number of hydrogen-bond acceptors (Lipinski definition) is 5. The summed E-state index contributed by atoms with van der Waals surface area (Å²) in [5.41, 5.74) is 2.21. The van der Waals surface area contributed by atoms with Gasteiger partial charge in [-0.3, -0.25) is 9.69 Å². The Morgan fingerprint density at radius 1 is 1.04 bits per heavy atom. The molecule has 2 atom stereocenters. The van der Waals surface area contributed by atoms with E-state index in [2.05, 4.69) is 17.0 Å². The second-order valence-electron chi connectivity index (χ2n) is 6.52. The summed E-state index contributed by atoms with van der Waals surface area (Å²) < 4.78 is 16.0. The van der Waals surface area contributed by atoms with Crippen LogP contribution in [0.25, 0.3) is 0 Å². The molecule has 2 aromatic carbocycles. The highest BCUT2D eigenvalue weighted by Crippen LogP contribution is 2.40. The summed E-state index contributed by atoms with van der Waals surface area (Å²) >= 11 is 0. The van der Waals surface area contributed by atoms with Crippen LogP contribution in [0.5, 0.6) is 11.5 Å². The number of hydrogen-bond donors (Lipinski definition) is 0. The molecule has 26 heavy (non-hydrogen) atoms. The molecular weight excluding hydrogens is 330 g/mol. The first-order valence-electron chi connectivity index (χ1n) is 8.72. The lowest BCUT2D eigenvalue weighted by Crippen LogP contribution is -2.24. The molecule has 2 unspecified atom stereocenters. The molecule has 0 saturated carbocycles. The fraction of sp³-hybridized carbons (Fsp3) is 0.381. The zero-order chi connectivity index (χ0) is 18.5. The van der Waals surface area contributed by atoms with E-state index in [1.165, 1.54) is 12.7 Å². The molecule has 1 fully saturated rings. The van der Waals surface area contributed by atoms with Crippen LogP contribution in [0.4, 0.5) is 0 Å². The third-order valence-electron chi connectivity index (χ3n) is 4.98. The minimum atomic E-state index is -0.232. The van der Waals surface area contributed by atoms with E-state index >= 15 is 0 Å². The second kappa shape index (κ2) is 8.23. The van der Waals surface area contributed by atoms with Crippen molar-refractivity contribution in [2.45, 2.75) is 12.5 Å². The fourth-order valence-electron chi connectivity index (χ4n) is 3.69. The lowest BCUT2D eigenvalue weighted by atomic mass is 9.88. The van der Waals surface area contributed by atoms with Gasteiger partial charge >= 0.3 is 5.97 Å². The van der Waals surface area contributed by atoms with Gasteiger partial charge in [-0.1, -0.05) is 30.3 Å². The van der Waals surface area contributed by atoms with E-state index < -0.39 is 0 Å². The van der Waals surface area contributed by atoms with Crippen molar-refractivity contribution in [3.63, 3.8) is 0 Å². The molecule has 5 heteroatoms. The van der Waals surface area contributed by atoms with E-state index in [1.54, 1.807) is 14.2 Å². The predicted octanol–water partition coefficient (Wildman–Crippen LogP) is 3.09. The molecule has 0 bridgehead atoms. The Hall–Kier alpha value is -2.53. The minimum Gasteiger partial charge on any atom is -0.497 e. The summed E-state index contributed by atoms with van der Waals surface area (Å²) in [6.45, 7) is 2.22. The van der Waals surface area contributed by atoms with Gasteiger partial charge in [-0.15, -0.1) is 0 Å². The molecule has 1 aliphatic rings. The number of rotatable bonds is 6. The van der Waals surface area contributed by atoms with Crippen LogP contribution in [0.2, 0.25) is 0 Å². The molecule has 0 spiro atoms. The highest BCUT2D eigenvalue weighted by Gasteiger charge is 2.40. The molecule has 1 saturated heterocycles. The topological polar surface area (TPSA) is 48.0 Å². The Morgan fingerprint density at radius 2 is 1.81 bits per heavy atom. The van der Waals surface area contributed by atoms with Crippen molar-refractivity contribution in [3.8, 4) is 11.5 Å². The maximum atomic E-state index is 12.4. The number of ether oxygens (including phenoxy) is 3. The number of carbonyl (C=O) groups is 1. The van der Waals surface area contributed by atoms with Crippen molar-refractivity contribution in [1.29, 1.82) is 0 Å². The summed E-state index contributed by atoms with van der Waals surface area (Å²) in [4.78, 5) is 14.7. The summed E-state index contributed by atoms with van der Waals surface area (Å²) in [7, 11) is 4.73. The summed E-state index contributed by atoms with van der Waals surface area (Å²) in [6, 6.07) is 16.0. The molecule has 0 N–H and O–H groups in total. The van der Waals surface area contributed by atoms with Crippen molar-refractivity contribution < 1.29 is 19.0 Å². The SMILES string of the molecule is COC(=O)C1CN(Cc2ccccc2)CC1c1cc(OC)ccc1OC. The molecule has 138 valence electrons. The van der Waals surface area contributed by atoms with Gasteiger partial charge in [-0.2, -0.15) is 0 Å². The standard InChI is InChI=1S/C21H25NO4/c1-24-16-9-10-20(25-2)17(11-16)18-13-22(14-19(18)21(23)26-3)12-15-7-5-4-6-8-15/h4-11,18-19H,12-14H2,1-3H3. The van der Waals surface area contributed by atoms with Gasteiger partial charge in [0.15, 0.2) is 0 Å². The Balaban J connectivity index is 1.89. The third-order valence-corrected chi connectivity index (χ3v) is 4.98. The van der Waals surface area contributed by atoms with Gasteiger partial charge in [0.25, 0.3) is 0 Å². The van der Waals surface area contributed by atoms with Crippen LogP contribution in [0.3, 0.4) is 0 Å². The predicted molar refractivity (Wildman–Crippen MR) is 99.5 cm³/mol. The molecule has 3 rings (SSSR count). The molecule has 0 aliphatic carbocycles. The number of likely N-dealkylation sites (tertiary alicyclic amines) is 1. The van der Waals surface area contributed by atoms with Crippen molar-refractivity contribution >= 4 is 5.97 Å². The number of benzene rings is 2. The maximum absolute atomic E-state index is 12.4. The second-order valence-corrected chi connectivity index (χ2v) is 6.52. The average Bonchev–Trinajstić information content (AvgIpc) is 3.11. The third kappa shape index (κ3) is 3.83. The highest BCUT2D eigenvalue weighted by molar-refractivity contribution is 5.75. The number of nitrogens with zero attached hydrogens (tertiary/aromatic N) is 1. The van der Waals surface area contributed by atoms with Gasteiger partial charge in [0, 0.05) is 31.1 Å². The number of esters is 1. The van der Waals surface area contributed by atoms with Gasteiger partial charge < -0.3 is 14.2 Å². The Morgan fingerprint density at radius 3 is 2.46 bits per heavy atom. The van der Waals surface area contributed by atoms with Crippen LogP contribution in [0, 0.1) is 5.92 Å². The quantitative estimate of drug-likeness (QED) is 0.745. The van der Waals surface area contributed by atoms with Crippen molar-refractivity contribution in [2.24, 2.45) is 5.92 Å². The average molecular weight is 355 g/mol. The van der Waals surface area contributed by atoms with Crippen LogP contribution < -0.4 is 9.47 Å². The zero-order valence-electron chi connectivity index (χ0n) is 15.5. The summed E-state index contributed by atoms with van der Waals surface area (Å²) in [5, 5.41) is 0. The van der Waals surface area contributed by atoms with Gasteiger partial charge in [-0.25, -0.2) is 0 Å². The fourth-order valence-corrected chi connectivity index (χ4v) is 3.69. The lowest BCUT2D eigenvalue weighted by Gasteiger charge is -2.20. The Kier molecular flexibility index (Phi) is 5.78. The van der Waals surface area contributed by atoms with Crippen LogP contribution in [-0.4, -0.2) is 45.3 Å². The van der Waals surface area contributed by atoms with Gasteiger partial charge in [0.2, 0.25) is 0 Å². The van der Waals surface area contributed by atoms with E-state index in [0.29, 0.717) is 6.54 Å². The zero-order valence-corrected chi connectivity index (χ0v) is 15.5. The van der Waals surface area contributed by atoms with Crippen LogP contribution >= 0.6 is 0 Å². The van der Waals surface area contributed by atoms with Crippen LogP contribution in [0.15, 0.2) is 48.5 Å². The Bertz CT molecular complexity index is 747. The summed E-state index contributed by atoms with van der Waals surface area (Å²) in [5.74, 6) is 1.11. The Labute approximate surface area is 154 Å². The van der Waals surface area contributed by atoms with Gasteiger partial charge in [-0.05, 0) is 23.8 Å². The summed E-state index contributed by atoms with van der Waals surface area (Å²) in [6.07, 6.45) is 0. The van der Waals surface area contributed by atoms with E-state index in [9.17, 15) is 4.79 Å². The van der Waals surface area contributed by atoms with Crippen LogP contribution in [-0.2, 0) is 16.1 Å². The number of carbonyl (C=O) groups excluding carboxylic acids is 1. The molecular formula is C21H25NO4. The maximum Gasteiger partial charge on any atom is 0.310 e. The lowest BCUT2D eigenvalue weighted by molar-refractivity contribution is -0.145. The molecule has 0 aromatic heterocycles. The first-order valence-corrected chi connectivity index (χ1v) is 8.72. The van der Waals surface area contributed by atoms with Crippen molar-refractivity contribution in [3.05, 3.63) is 59.7 Å². The van der Waals surface area contributed by atoms with Crippen molar-refractivity contribution in [1.82, 2.24) is 4.90 Å². The molecule has 1 heterocycles. The van der Waals surface area contributed by atoms with E-state index in [0.717, 1.165) is 30.2 Å². The number of methoxy groups -OCH3 is 3. The first kappa shape index (κ1) is 18.3. The molecule has 0 radical (unpaired) electrons. The largest absolute Gasteiger partial charge is 0.497 e. The molecule has 5 nitrogen and oxygen atoms in total. The van der Waals surface area contributed by atoms with E-state index in [4.69, 9.17) is 14.2 Å². The minimum absolute atomic E-state index is 0.00351. The highest BCUT2D eigenvalue weighted by atomic mass is 16.5. The molecule has 2 aromatic rings.